The van der Waals surface area contributed by atoms with Crippen molar-refractivity contribution in [2.45, 2.75) is 25.8 Å². The third kappa shape index (κ3) is 5.37. The van der Waals surface area contributed by atoms with Crippen LogP contribution in [0.15, 0.2) is 42.5 Å². The fraction of sp³-hybridized carbons (Fsp3) is 0.200. The van der Waals surface area contributed by atoms with Gasteiger partial charge in [0.15, 0.2) is 0 Å². The van der Waals surface area contributed by atoms with Crippen molar-refractivity contribution in [3.8, 4) is 10.6 Å². The summed E-state index contributed by atoms with van der Waals surface area (Å²) in [5.74, 6) is -1.07. The van der Waals surface area contributed by atoms with Gasteiger partial charge in [-0.2, -0.15) is 26.3 Å². The molecule has 2 aromatic carbocycles. The quantitative estimate of drug-likeness (QED) is 0.422. The van der Waals surface area contributed by atoms with Gasteiger partial charge in [0, 0.05) is 16.0 Å². The Kier molecular flexibility index (Phi) is 6.33. The van der Waals surface area contributed by atoms with Crippen molar-refractivity contribution >= 4 is 28.8 Å². The van der Waals surface area contributed by atoms with Crippen molar-refractivity contribution in [3.05, 3.63) is 74.7 Å². The molecule has 0 fully saturated rings. The normalized spacial score (nSPS) is 12.1. The molecule has 3 rings (SSSR count). The second-order valence-electron chi connectivity index (χ2n) is 6.48. The number of aromatic nitrogens is 1. The molecule has 0 bridgehead atoms. The van der Waals surface area contributed by atoms with Crippen molar-refractivity contribution in [2.75, 3.05) is 0 Å². The summed E-state index contributed by atoms with van der Waals surface area (Å²) in [6.07, 6.45) is -10.1. The number of carbonyl (C=O) groups excluding carboxylic acids is 1. The van der Waals surface area contributed by atoms with Crippen molar-refractivity contribution in [2.24, 2.45) is 0 Å². The number of benzene rings is 2. The predicted molar refractivity (Wildman–Crippen MR) is 105 cm³/mol. The van der Waals surface area contributed by atoms with E-state index in [4.69, 9.17) is 11.6 Å². The summed E-state index contributed by atoms with van der Waals surface area (Å²) in [5, 5.41) is 3.40. The molecule has 3 aromatic rings. The first-order valence-electron chi connectivity index (χ1n) is 8.65. The predicted octanol–water partition coefficient (Wildman–Crippen LogP) is 6.74. The van der Waals surface area contributed by atoms with Gasteiger partial charge in [0.1, 0.15) is 5.01 Å². The van der Waals surface area contributed by atoms with Crippen LogP contribution in [0.5, 0.6) is 0 Å². The average Bonchev–Trinajstić information content (AvgIpc) is 3.05. The minimum atomic E-state index is -5.03. The highest BCUT2D eigenvalue weighted by Crippen LogP contribution is 2.36. The average molecular weight is 479 g/mol. The van der Waals surface area contributed by atoms with Gasteiger partial charge in [-0.25, -0.2) is 4.98 Å². The Morgan fingerprint density at radius 1 is 1.03 bits per heavy atom. The van der Waals surface area contributed by atoms with Gasteiger partial charge < -0.3 is 5.32 Å². The molecule has 11 heteroatoms. The Labute approximate surface area is 181 Å². The van der Waals surface area contributed by atoms with Gasteiger partial charge in [-0.05, 0) is 31.2 Å². The second-order valence-corrected chi connectivity index (χ2v) is 7.98. The molecule has 1 amide bonds. The summed E-state index contributed by atoms with van der Waals surface area (Å²) < 4.78 is 77.9. The zero-order valence-corrected chi connectivity index (χ0v) is 17.2. The van der Waals surface area contributed by atoms with E-state index in [1.165, 1.54) is 11.3 Å². The number of nitrogens with zero attached hydrogens (tertiary/aromatic N) is 1. The fourth-order valence-corrected chi connectivity index (χ4v) is 4.01. The summed E-state index contributed by atoms with van der Waals surface area (Å²) in [5.41, 5.74) is -2.62. The highest BCUT2D eigenvalue weighted by molar-refractivity contribution is 7.15. The number of halogens is 7. The smallest absolute Gasteiger partial charge is 0.347 e. The van der Waals surface area contributed by atoms with Crippen LogP contribution >= 0.6 is 22.9 Å². The molecule has 0 saturated carbocycles. The van der Waals surface area contributed by atoms with Gasteiger partial charge in [-0.3, -0.25) is 4.79 Å². The van der Waals surface area contributed by atoms with E-state index in [-0.39, 0.29) is 12.6 Å². The number of carbonyl (C=O) groups is 1. The molecule has 0 aliphatic rings. The van der Waals surface area contributed by atoms with Crippen LogP contribution in [0.1, 0.15) is 32.1 Å². The van der Waals surface area contributed by atoms with E-state index in [2.05, 4.69) is 10.3 Å². The summed E-state index contributed by atoms with van der Waals surface area (Å²) >= 11 is 7.35. The third-order valence-corrected chi connectivity index (χ3v) is 5.78. The lowest BCUT2D eigenvalue weighted by atomic mass is 10.0. The molecule has 0 aliphatic carbocycles. The second kappa shape index (κ2) is 8.51. The first kappa shape index (κ1) is 23.1. The maximum absolute atomic E-state index is 13.0. The highest BCUT2D eigenvalue weighted by Gasteiger charge is 2.37. The van der Waals surface area contributed by atoms with Crippen LogP contribution < -0.4 is 5.32 Å². The minimum absolute atomic E-state index is 0.0278. The molecule has 0 spiro atoms. The van der Waals surface area contributed by atoms with E-state index in [0.717, 1.165) is 0 Å². The molecular formula is C20H13ClF6N2OS. The standard InChI is InChI=1S/C20H13ClF6N2OS/c1-10-16(31-18(29-10)14-4-2-3-5-15(14)21)9-28-17(30)11-6-12(19(22,23)24)8-13(7-11)20(25,26)27/h2-8H,9H2,1H3,(H,28,30). The van der Waals surface area contributed by atoms with Gasteiger partial charge >= 0.3 is 12.4 Å². The Balaban J connectivity index is 1.84. The van der Waals surface area contributed by atoms with Crippen LogP contribution in [0.3, 0.4) is 0 Å². The van der Waals surface area contributed by atoms with Crippen LogP contribution in [0.25, 0.3) is 10.6 Å². The monoisotopic (exact) mass is 478 g/mol. The Morgan fingerprint density at radius 3 is 2.16 bits per heavy atom. The number of aryl methyl sites for hydroxylation is 1. The first-order valence-corrected chi connectivity index (χ1v) is 9.84. The summed E-state index contributed by atoms with van der Waals surface area (Å²) in [7, 11) is 0. The van der Waals surface area contributed by atoms with Gasteiger partial charge in [0.25, 0.3) is 5.91 Å². The molecular weight excluding hydrogens is 466 g/mol. The Bertz CT molecular complexity index is 1090. The number of amides is 1. The van der Waals surface area contributed by atoms with Gasteiger partial charge in [0.2, 0.25) is 0 Å². The molecule has 1 N–H and O–H groups in total. The molecule has 1 heterocycles. The van der Waals surface area contributed by atoms with Crippen molar-refractivity contribution in [1.29, 1.82) is 0 Å². The largest absolute Gasteiger partial charge is 0.416 e. The third-order valence-electron chi connectivity index (χ3n) is 4.26. The van der Waals surface area contributed by atoms with Gasteiger partial charge in [-0.1, -0.05) is 29.8 Å². The van der Waals surface area contributed by atoms with E-state index in [0.29, 0.717) is 38.3 Å². The zero-order valence-electron chi connectivity index (χ0n) is 15.7. The van der Waals surface area contributed by atoms with Crippen LogP contribution in [-0.4, -0.2) is 10.9 Å². The van der Waals surface area contributed by atoms with E-state index in [1.807, 2.05) is 0 Å². The van der Waals surface area contributed by atoms with Crippen LogP contribution in [0.2, 0.25) is 5.02 Å². The number of hydrogen-bond acceptors (Lipinski definition) is 3. The van der Waals surface area contributed by atoms with E-state index < -0.39 is 35.0 Å². The lowest BCUT2D eigenvalue weighted by molar-refractivity contribution is -0.143. The van der Waals surface area contributed by atoms with E-state index in [9.17, 15) is 31.1 Å². The van der Waals surface area contributed by atoms with Crippen LogP contribution in [-0.2, 0) is 18.9 Å². The summed E-state index contributed by atoms with van der Waals surface area (Å²) in [4.78, 5) is 17.3. The minimum Gasteiger partial charge on any atom is -0.347 e. The number of hydrogen-bond donors (Lipinski definition) is 1. The summed E-state index contributed by atoms with van der Waals surface area (Å²) in [6.45, 7) is 1.55. The fourth-order valence-electron chi connectivity index (χ4n) is 2.69. The van der Waals surface area contributed by atoms with E-state index >= 15 is 0 Å². The van der Waals surface area contributed by atoms with Gasteiger partial charge in [0.05, 0.1) is 28.4 Å². The van der Waals surface area contributed by atoms with Crippen molar-refractivity contribution in [3.63, 3.8) is 0 Å². The molecule has 0 atom stereocenters. The molecule has 31 heavy (non-hydrogen) atoms. The zero-order chi connectivity index (χ0) is 23.0. The molecule has 0 saturated heterocycles. The van der Waals surface area contributed by atoms with Gasteiger partial charge in [-0.15, -0.1) is 11.3 Å². The maximum Gasteiger partial charge on any atom is 0.416 e. The van der Waals surface area contributed by atoms with E-state index in [1.54, 1.807) is 31.2 Å². The summed E-state index contributed by atoms with van der Waals surface area (Å²) in [6, 6.07) is 7.70. The number of nitrogens with one attached hydrogen (secondary N) is 1. The lowest BCUT2D eigenvalue weighted by Crippen LogP contribution is -2.24. The first-order chi connectivity index (χ1) is 14.4. The number of thiazole rings is 1. The number of alkyl halides is 6. The Hall–Kier alpha value is -2.59. The Morgan fingerprint density at radius 2 is 1.61 bits per heavy atom. The van der Waals surface area contributed by atoms with Crippen molar-refractivity contribution < 1.29 is 31.1 Å². The van der Waals surface area contributed by atoms with Crippen LogP contribution in [0.4, 0.5) is 26.3 Å². The molecule has 0 unspecified atom stereocenters. The highest BCUT2D eigenvalue weighted by atomic mass is 35.5. The SMILES string of the molecule is Cc1nc(-c2ccccc2Cl)sc1CNC(=O)c1cc(C(F)(F)F)cc(C(F)(F)F)c1. The number of rotatable bonds is 4. The molecule has 0 aliphatic heterocycles. The topological polar surface area (TPSA) is 42.0 Å². The molecule has 164 valence electrons. The van der Waals surface area contributed by atoms with Crippen LogP contribution in [0, 0.1) is 6.92 Å². The molecule has 3 nitrogen and oxygen atoms in total. The molecule has 0 radical (unpaired) electrons. The molecule has 1 aromatic heterocycles. The van der Waals surface area contributed by atoms with Crippen molar-refractivity contribution in [1.82, 2.24) is 10.3 Å². The lowest BCUT2D eigenvalue weighted by Gasteiger charge is -2.14. The maximum atomic E-state index is 13.0.